The first-order chi connectivity index (χ1) is 11.1. The Bertz CT molecular complexity index is 891. The molecule has 2 atom stereocenters. The van der Waals surface area contributed by atoms with E-state index in [0.717, 1.165) is 4.90 Å². The maximum atomic E-state index is 13.8. The molecule has 0 aliphatic carbocycles. The van der Waals surface area contributed by atoms with E-state index in [1.54, 1.807) is 18.2 Å². The Morgan fingerprint density at radius 2 is 1.87 bits per heavy atom. The smallest absolute Gasteiger partial charge is 0.258 e. The summed E-state index contributed by atoms with van der Waals surface area (Å²) in [5.41, 5.74) is 1.19. The third-order valence-electron chi connectivity index (χ3n) is 4.21. The van der Waals surface area contributed by atoms with Crippen LogP contribution in [0.3, 0.4) is 0 Å². The van der Waals surface area contributed by atoms with Gasteiger partial charge in [-0.3, -0.25) is 4.79 Å². The van der Waals surface area contributed by atoms with Gasteiger partial charge in [0.05, 0.1) is 18.0 Å². The average molecular weight is 312 g/mol. The molecular weight excluding hydrogens is 293 g/mol. The van der Waals surface area contributed by atoms with Crippen molar-refractivity contribution in [3.05, 3.63) is 76.1 Å². The number of nitrogens with one attached hydrogen (secondary N) is 2. The zero-order valence-corrected chi connectivity index (χ0v) is 13.1. The molecule has 0 aliphatic heterocycles. The fraction of sp³-hybridized carbons (Fsp3) is 0.222. The second-order valence-corrected chi connectivity index (χ2v) is 5.80. The van der Waals surface area contributed by atoms with Crippen LogP contribution < -0.4 is 10.5 Å². The normalized spacial score (nSPS) is 13.9. The lowest BCUT2D eigenvalue weighted by atomic mass is 10.1. The van der Waals surface area contributed by atoms with E-state index in [1.807, 2.05) is 38.2 Å². The molecule has 0 bridgehead atoms. The first-order valence-corrected chi connectivity index (χ1v) is 7.61. The number of hydrogen-bond acceptors (Lipinski definition) is 2. The molecule has 2 aromatic carbocycles. The largest absolute Gasteiger partial charge is 0.325 e. The molecule has 5 heteroatoms. The van der Waals surface area contributed by atoms with Gasteiger partial charge in [0, 0.05) is 5.56 Å². The summed E-state index contributed by atoms with van der Waals surface area (Å²) < 4.78 is 13.8. The number of fused-ring (bicyclic) bond motifs is 1. The monoisotopic (exact) mass is 312 g/mol. The third-order valence-corrected chi connectivity index (χ3v) is 4.21. The number of rotatable bonds is 4. The highest BCUT2D eigenvalue weighted by Gasteiger charge is 2.20. The van der Waals surface area contributed by atoms with Crippen LogP contribution in [0.4, 0.5) is 4.39 Å². The van der Waals surface area contributed by atoms with E-state index in [4.69, 9.17) is 0 Å². The number of para-hydroxylation sites is 1. The topological polar surface area (TPSA) is 50.2 Å². The molecule has 4 nitrogen and oxygen atoms in total. The first-order valence-electron chi connectivity index (χ1n) is 7.61. The molecule has 0 amide bonds. The summed E-state index contributed by atoms with van der Waals surface area (Å²) in [5.74, 6) is 0.404. The molecule has 3 rings (SSSR count). The number of aromatic nitrogens is 2. The van der Waals surface area contributed by atoms with Gasteiger partial charge in [-0.1, -0.05) is 30.3 Å². The van der Waals surface area contributed by atoms with Crippen molar-refractivity contribution in [2.75, 3.05) is 7.05 Å². The number of benzene rings is 2. The van der Waals surface area contributed by atoms with Gasteiger partial charge in [0.25, 0.3) is 5.56 Å². The van der Waals surface area contributed by atoms with Crippen LogP contribution in [-0.4, -0.2) is 17.0 Å². The zero-order chi connectivity index (χ0) is 16.4. The van der Waals surface area contributed by atoms with Crippen molar-refractivity contribution >= 4 is 10.9 Å². The van der Waals surface area contributed by atoms with Gasteiger partial charge in [-0.15, -0.1) is 0 Å². The van der Waals surface area contributed by atoms with Crippen molar-refractivity contribution in [1.82, 2.24) is 9.97 Å². The van der Waals surface area contributed by atoms with E-state index < -0.39 is 0 Å². The molecule has 1 heterocycles. The molecule has 23 heavy (non-hydrogen) atoms. The minimum absolute atomic E-state index is 0.0630. The van der Waals surface area contributed by atoms with E-state index in [0.29, 0.717) is 28.8 Å². The lowest BCUT2D eigenvalue weighted by Crippen LogP contribution is -3.07. The summed E-state index contributed by atoms with van der Waals surface area (Å²) >= 11 is 0. The van der Waals surface area contributed by atoms with Crippen LogP contribution in [-0.2, 0) is 6.54 Å². The van der Waals surface area contributed by atoms with Crippen LogP contribution >= 0.6 is 0 Å². The van der Waals surface area contributed by atoms with Crippen molar-refractivity contribution in [3.8, 4) is 0 Å². The fourth-order valence-electron chi connectivity index (χ4n) is 2.64. The van der Waals surface area contributed by atoms with Crippen LogP contribution in [0.1, 0.15) is 24.4 Å². The van der Waals surface area contributed by atoms with Crippen LogP contribution in [0.2, 0.25) is 0 Å². The highest BCUT2D eigenvalue weighted by molar-refractivity contribution is 5.77. The van der Waals surface area contributed by atoms with Crippen molar-refractivity contribution in [2.24, 2.45) is 0 Å². The van der Waals surface area contributed by atoms with Gasteiger partial charge in [0.2, 0.25) is 0 Å². The number of halogens is 1. The van der Waals surface area contributed by atoms with E-state index in [-0.39, 0.29) is 17.4 Å². The molecule has 3 aromatic rings. The van der Waals surface area contributed by atoms with Crippen LogP contribution in [0, 0.1) is 5.82 Å². The number of quaternary nitrogens is 1. The highest BCUT2D eigenvalue weighted by Crippen LogP contribution is 2.10. The SMILES string of the molecule is C[C@H](c1nc2ccccc2c(=O)[nH]1)[NH+](C)Cc1ccccc1F. The summed E-state index contributed by atoms with van der Waals surface area (Å²) in [6.07, 6.45) is 0. The highest BCUT2D eigenvalue weighted by atomic mass is 19.1. The molecule has 0 spiro atoms. The van der Waals surface area contributed by atoms with Crippen molar-refractivity contribution < 1.29 is 9.29 Å². The minimum Gasteiger partial charge on any atom is -0.325 e. The number of aromatic amines is 1. The van der Waals surface area contributed by atoms with Gasteiger partial charge in [-0.25, -0.2) is 9.37 Å². The summed E-state index contributed by atoms with van der Waals surface area (Å²) in [5, 5.41) is 0.579. The third kappa shape index (κ3) is 3.14. The maximum Gasteiger partial charge on any atom is 0.258 e. The summed E-state index contributed by atoms with van der Waals surface area (Å²) in [6.45, 7) is 2.49. The Kier molecular flexibility index (Phi) is 4.21. The molecule has 0 aliphatic rings. The molecular formula is C18H19FN3O+. The van der Waals surface area contributed by atoms with E-state index in [9.17, 15) is 9.18 Å². The second kappa shape index (κ2) is 6.30. The van der Waals surface area contributed by atoms with Crippen molar-refractivity contribution in [3.63, 3.8) is 0 Å². The number of H-pyrrole nitrogens is 1. The molecule has 0 saturated heterocycles. The zero-order valence-electron chi connectivity index (χ0n) is 13.1. The Morgan fingerprint density at radius 3 is 2.65 bits per heavy atom. The van der Waals surface area contributed by atoms with Crippen molar-refractivity contribution in [1.29, 1.82) is 0 Å². The number of hydrogen-bond donors (Lipinski definition) is 2. The molecule has 0 fully saturated rings. The Balaban J connectivity index is 1.89. The lowest BCUT2D eigenvalue weighted by Gasteiger charge is -2.21. The van der Waals surface area contributed by atoms with Gasteiger partial charge in [0.1, 0.15) is 18.4 Å². The Hall–Kier alpha value is -2.53. The van der Waals surface area contributed by atoms with E-state index in [2.05, 4.69) is 9.97 Å². The quantitative estimate of drug-likeness (QED) is 0.772. The molecule has 2 N–H and O–H groups in total. The predicted molar refractivity (Wildman–Crippen MR) is 87.8 cm³/mol. The standard InChI is InChI=1S/C18H18FN3O/c1-12(22(2)11-13-7-3-5-9-15(13)19)17-20-16-10-6-4-8-14(16)18(23)21-17/h3-10,12H,11H2,1-2H3,(H,20,21,23)/p+1/t12-/m1/s1. The van der Waals surface area contributed by atoms with E-state index in [1.165, 1.54) is 6.07 Å². The van der Waals surface area contributed by atoms with Crippen LogP contribution in [0.5, 0.6) is 0 Å². The summed E-state index contributed by atoms with van der Waals surface area (Å²) in [4.78, 5) is 20.6. The second-order valence-electron chi connectivity index (χ2n) is 5.80. The Labute approximate surface area is 133 Å². The molecule has 118 valence electrons. The first kappa shape index (κ1) is 15.4. The van der Waals surface area contributed by atoms with Crippen LogP contribution in [0.15, 0.2) is 53.3 Å². The molecule has 1 unspecified atom stereocenters. The van der Waals surface area contributed by atoms with E-state index >= 15 is 0 Å². The van der Waals surface area contributed by atoms with Crippen molar-refractivity contribution in [2.45, 2.75) is 19.5 Å². The maximum absolute atomic E-state index is 13.8. The number of nitrogens with zero attached hydrogens (tertiary/aromatic N) is 1. The summed E-state index contributed by atoms with van der Waals surface area (Å²) in [6, 6.07) is 13.9. The molecule has 0 radical (unpaired) electrons. The lowest BCUT2D eigenvalue weighted by molar-refractivity contribution is -0.924. The average Bonchev–Trinajstić information content (AvgIpc) is 2.56. The van der Waals surface area contributed by atoms with Crippen LogP contribution in [0.25, 0.3) is 10.9 Å². The van der Waals surface area contributed by atoms with Gasteiger partial charge in [-0.05, 0) is 25.1 Å². The minimum atomic E-state index is -0.209. The fourth-order valence-corrected chi connectivity index (χ4v) is 2.64. The van der Waals surface area contributed by atoms with Gasteiger partial charge >= 0.3 is 0 Å². The molecule has 0 saturated carbocycles. The van der Waals surface area contributed by atoms with Gasteiger partial charge in [-0.2, -0.15) is 0 Å². The van der Waals surface area contributed by atoms with Gasteiger partial charge in [0.15, 0.2) is 5.82 Å². The Morgan fingerprint density at radius 1 is 1.17 bits per heavy atom. The summed E-state index contributed by atoms with van der Waals surface area (Å²) in [7, 11) is 1.96. The molecule has 1 aromatic heterocycles. The van der Waals surface area contributed by atoms with Gasteiger partial charge < -0.3 is 9.88 Å². The predicted octanol–water partition coefficient (Wildman–Crippen LogP) is 1.84.